The molecule has 98 valence electrons. The van der Waals surface area contributed by atoms with Crippen LogP contribution in [0.2, 0.25) is 0 Å². The summed E-state index contributed by atoms with van der Waals surface area (Å²) in [6.45, 7) is 2.24. The van der Waals surface area contributed by atoms with Crippen molar-refractivity contribution in [1.82, 2.24) is 0 Å². The van der Waals surface area contributed by atoms with Crippen LogP contribution in [0.1, 0.15) is 38.5 Å². The van der Waals surface area contributed by atoms with Gasteiger partial charge in [-0.1, -0.05) is 25.7 Å². The minimum Gasteiger partial charge on any atom is -0.370 e. The van der Waals surface area contributed by atoms with Gasteiger partial charge in [-0.3, -0.25) is 0 Å². The van der Waals surface area contributed by atoms with Crippen molar-refractivity contribution >= 4 is 21.6 Å². The largest absolute Gasteiger partial charge is 0.370 e. The molecule has 1 heterocycles. The van der Waals surface area contributed by atoms with Gasteiger partial charge < -0.3 is 4.90 Å². The fraction of sp³-hybridized carbons (Fsp3) is 0.600. The van der Waals surface area contributed by atoms with E-state index in [0.29, 0.717) is 9.89 Å². The summed E-state index contributed by atoms with van der Waals surface area (Å²) in [6.07, 6.45) is 8.28. The molecule has 1 aromatic rings. The van der Waals surface area contributed by atoms with Gasteiger partial charge in [0, 0.05) is 24.2 Å². The maximum absolute atomic E-state index is 13.5. The summed E-state index contributed by atoms with van der Waals surface area (Å²) in [5, 5.41) is 0. The maximum atomic E-state index is 13.5. The van der Waals surface area contributed by atoms with Crippen molar-refractivity contribution < 1.29 is 4.39 Å². The van der Waals surface area contributed by atoms with Crippen molar-refractivity contribution in [3.8, 4) is 0 Å². The van der Waals surface area contributed by atoms with Crippen LogP contribution in [0.4, 0.5) is 10.1 Å². The average molecular weight is 312 g/mol. The molecule has 0 bridgehead atoms. The van der Waals surface area contributed by atoms with Crippen molar-refractivity contribution in [2.24, 2.45) is 5.41 Å². The molecule has 2 aliphatic rings. The number of anilines is 1. The molecule has 1 aromatic carbocycles. The third-order valence-electron chi connectivity index (χ3n) is 4.49. The monoisotopic (exact) mass is 311 g/mol. The van der Waals surface area contributed by atoms with E-state index in [1.165, 1.54) is 38.5 Å². The predicted molar refractivity (Wildman–Crippen MR) is 76.4 cm³/mol. The number of hydrogen-bond acceptors (Lipinski definition) is 1. The minimum atomic E-state index is -0.158. The topological polar surface area (TPSA) is 3.24 Å². The Bertz CT molecular complexity index is 430. The van der Waals surface area contributed by atoms with Gasteiger partial charge in [0.15, 0.2) is 0 Å². The fourth-order valence-corrected chi connectivity index (χ4v) is 3.67. The Morgan fingerprint density at radius 2 is 1.72 bits per heavy atom. The van der Waals surface area contributed by atoms with Crippen LogP contribution in [0, 0.1) is 11.2 Å². The summed E-state index contributed by atoms with van der Waals surface area (Å²) in [5.41, 5.74) is 1.57. The van der Waals surface area contributed by atoms with E-state index >= 15 is 0 Å². The zero-order valence-electron chi connectivity index (χ0n) is 10.6. The third kappa shape index (κ3) is 2.29. The van der Waals surface area contributed by atoms with E-state index in [4.69, 9.17) is 0 Å². The van der Waals surface area contributed by atoms with Gasteiger partial charge in [0.05, 0.1) is 4.47 Å². The molecule has 1 aliphatic carbocycles. The summed E-state index contributed by atoms with van der Waals surface area (Å²) in [4.78, 5) is 2.32. The van der Waals surface area contributed by atoms with Crippen LogP contribution in [0.15, 0.2) is 22.7 Å². The molecule has 0 amide bonds. The highest BCUT2D eigenvalue weighted by molar-refractivity contribution is 9.10. The first kappa shape index (κ1) is 12.5. The Morgan fingerprint density at radius 1 is 1.06 bits per heavy atom. The first-order valence-electron chi connectivity index (χ1n) is 6.89. The normalized spacial score (nSPS) is 22.7. The van der Waals surface area contributed by atoms with Crippen molar-refractivity contribution in [2.75, 3.05) is 18.0 Å². The van der Waals surface area contributed by atoms with Crippen LogP contribution in [0.3, 0.4) is 0 Å². The lowest BCUT2D eigenvalue weighted by Crippen LogP contribution is -2.56. The molecule has 0 radical (unpaired) electrons. The quantitative estimate of drug-likeness (QED) is 0.723. The third-order valence-corrected chi connectivity index (χ3v) is 5.13. The number of halogens is 2. The van der Waals surface area contributed by atoms with E-state index in [-0.39, 0.29) is 5.82 Å². The van der Waals surface area contributed by atoms with Crippen LogP contribution < -0.4 is 4.90 Å². The van der Waals surface area contributed by atoms with Crippen molar-refractivity contribution in [1.29, 1.82) is 0 Å². The summed E-state index contributed by atoms with van der Waals surface area (Å²) >= 11 is 3.21. The minimum absolute atomic E-state index is 0.158. The predicted octanol–water partition coefficient (Wildman–Crippen LogP) is 4.75. The average Bonchev–Trinajstić information content (AvgIpc) is 2.56. The van der Waals surface area contributed by atoms with E-state index < -0.39 is 0 Å². The molecule has 2 fully saturated rings. The molecule has 3 heteroatoms. The van der Waals surface area contributed by atoms with Gasteiger partial charge in [0.2, 0.25) is 0 Å². The highest BCUT2D eigenvalue weighted by atomic mass is 79.9. The van der Waals surface area contributed by atoms with E-state index in [0.717, 1.165) is 18.8 Å². The molecule has 18 heavy (non-hydrogen) atoms. The molecule has 1 saturated heterocycles. The van der Waals surface area contributed by atoms with Gasteiger partial charge >= 0.3 is 0 Å². The molecule has 0 atom stereocenters. The number of rotatable bonds is 1. The standard InChI is InChI=1S/C15H19BrFN/c16-13-6-5-12(9-14(13)17)18-10-15(11-18)7-3-1-2-4-8-15/h5-6,9H,1-4,7-8,10-11H2. The zero-order valence-corrected chi connectivity index (χ0v) is 12.2. The van der Waals surface area contributed by atoms with E-state index in [9.17, 15) is 4.39 Å². The van der Waals surface area contributed by atoms with Crippen molar-refractivity contribution in [3.63, 3.8) is 0 Å². The summed E-state index contributed by atoms with van der Waals surface area (Å²) in [7, 11) is 0. The van der Waals surface area contributed by atoms with Gasteiger partial charge in [-0.2, -0.15) is 0 Å². The molecule has 0 aromatic heterocycles. The highest BCUT2D eigenvalue weighted by Gasteiger charge is 2.42. The molecule has 1 aliphatic heterocycles. The molecular weight excluding hydrogens is 293 g/mol. The second kappa shape index (κ2) is 4.84. The number of benzene rings is 1. The van der Waals surface area contributed by atoms with Gasteiger partial charge in [-0.05, 0) is 47.0 Å². The van der Waals surface area contributed by atoms with Gasteiger partial charge in [0.1, 0.15) is 5.82 Å². The molecule has 1 nitrogen and oxygen atoms in total. The van der Waals surface area contributed by atoms with E-state index in [1.54, 1.807) is 6.07 Å². The van der Waals surface area contributed by atoms with Crippen LogP contribution in [0.5, 0.6) is 0 Å². The van der Waals surface area contributed by atoms with Gasteiger partial charge in [-0.15, -0.1) is 0 Å². The molecule has 1 spiro atoms. The lowest BCUT2D eigenvalue weighted by molar-refractivity contribution is 0.180. The van der Waals surface area contributed by atoms with Crippen LogP contribution >= 0.6 is 15.9 Å². The summed E-state index contributed by atoms with van der Waals surface area (Å²) in [5.74, 6) is -0.158. The van der Waals surface area contributed by atoms with Crippen LogP contribution in [-0.4, -0.2) is 13.1 Å². The lowest BCUT2D eigenvalue weighted by Gasteiger charge is -2.51. The smallest absolute Gasteiger partial charge is 0.139 e. The first-order valence-corrected chi connectivity index (χ1v) is 7.68. The Balaban J connectivity index is 1.68. The highest BCUT2D eigenvalue weighted by Crippen LogP contribution is 2.44. The summed E-state index contributed by atoms with van der Waals surface area (Å²) < 4.78 is 14.1. The molecule has 0 N–H and O–H groups in total. The van der Waals surface area contributed by atoms with Crippen molar-refractivity contribution in [3.05, 3.63) is 28.5 Å². The summed E-state index contributed by atoms with van der Waals surface area (Å²) in [6, 6.07) is 5.47. The van der Waals surface area contributed by atoms with E-state index in [1.807, 2.05) is 12.1 Å². The lowest BCUT2D eigenvalue weighted by atomic mass is 9.73. The Kier molecular flexibility index (Phi) is 3.35. The molecular formula is C15H19BrFN. The molecule has 0 unspecified atom stereocenters. The Morgan fingerprint density at radius 3 is 2.33 bits per heavy atom. The maximum Gasteiger partial charge on any atom is 0.139 e. The molecule has 1 saturated carbocycles. The van der Waals surface area contributed by atoms with Crippen molar-refractivity contribution in [2.45, 2.75) is 38.5 Å². The van der Waals surface area contributed by atoms with Crippen LogP contribution in [-0.2, 0) is 0 Å². The SMILES string of the molecule is Fc1cc(N2CC3(CCCCCC3)C2)ccc1Br. The fourth-order valence-electron chi connectivity index (χ4n) is 3.42. The van der Waals surface area contributed by atoms with E-state index in [2.05, 4.69) is 20.8 Å². The Hall–Kier alpha value is -0.570. The second-order valence-electron chi connectivity index (χ2n) is 5.87. The van der Waals surface area contributed by atoms with Gasteiger partial charge in [0.25, 0.3) is 0 Å². The number of nitrogens with zero attached hydrogens (tertiary/aromatic N) is 1. The van der Waals surface area contributed by atoms with Gasteiger partial charge in [-0.25, -0.2) is 4.39 Å². The number of hydrogen-bond donors (Lipinski definition) is 0. The Labute approximate surface area is 116 Å². The second-order valence-corrected chi connectivity index (χ2v) is 6.72. The first-order chi connectivity index (χ1) is 8.69. The van der Waals surface area contributed by atoms with Crippen LogP contribution in [0.25, 0.3) is 0 Å². The zero-order chi connectivity index (χ0) is 12.6. The molecule has 3 rings (SSSR count).